The molecule has 0 spiro atoms. The van der Waals surface area contributed by atoms with Crippen LogP contribution in [0.1, 0.15) is 23.6 Å². The molecule has 2 aromatic rings. The van der Waals surface area contributed by atoms with Crippen molar-refractivity contribution < 1.29 is 14.7 Å². The van der Waals surface area contributed by atoms with Gasteiger partial charge in [0.25, 0.3) is 0 Å². The van der Waals surface area contributed by atoms with Crippen LogP contribution in [0.3, 0.4) is 0 Å². The Morgan fingerprint density at radius 1 is 1.14 bits per heavy atom. The largest absolute Gasteiger partial charge is 0.508 e. The van der Waals surface area contributed by atoms with Gasteiger partial charge in [0.05, 0.1) is 6.54 Å². The molecule has 0 aliphatic carbocycles. The number of phenolic OH excluding ortho intramolecular Hbond substituents is 1. The first kappa shape index (κ1) is 21.9. The van der Waals surface area contributed by atoms with Gasteiger partial charge in [-0.2, -0.15) is 0 Å². The first-order chi connectivity index (χ1) is 13.8. The van der Waals surface area contributed by atoms with Gasteiger partial charge in [-0.3, -0.25) is 15.0 Å². The Morgan fingerprint density at radius 2 is 1.86 bits per heavy atom. The molecular formula is C21H27N5O3. The summed E-state index contributed by atoms with van der Waals surface area (Å²) in [6, 6.07) is 13.3. The Kier molecular flexibility index (Phi) is 8.17. The zero-order chi connectivity index (χ0) is 21.2. The van der Waals surface area contributed by atoms with Gasteiger partial charge in [-0.15, -0.1) is 0 Å². The Bertz CT molecular complexity index is 852. The standard InChI is InChI=1S/C21H27N5O3/c1-14(21(29)25-12-16-5-7-17(8-6-16)20(22)23)26-19(28)13-24-10-9-15-3-2-4-18(27)11-15/h2-8,11,14,24,27H,9-10,12-13H2,1H3,(H3,22,23)(H,25,29)(H,26,28). The lowest BCUT2D eigenvalue weighted by Gasteiger charge is -2.14. The Labute approximate surface area is 170 Å². The van der Waals surface area contributed by atoms with E-state index in [9.17, 15) is 14.7 Å². The zero-order valence-corrected chi connectivity index (χ0v) is 16.4. The predicted octanol–water partition coefficient (Wildman–Crippen LogP) is 0.629. The van der Waals surface area contributed by atoms with Crippen LogP contribution in [-0.4, -0.2) is 41.9 Å². The predicted molar refractivity (Wildman–Crippen MR) is 112 cm³/mol. The van der Waals surface area contributed by atoms with E-state index >= 15 is 0 Å². The number of aromatic hydroxyl groups is 1. The second-order valence-electron chi connectivity index (χ2n) is 6.71. The average molecular weight is 397 g/mol. The van der Waals surface area contributed by atoms with Crippen molar-refractivity contribution in [2.45, 2.75) is 25.9 Å². The molecule has 154 valence electrons. The summed E-state index contributed by atoms with van der Waals surface area (Å²) in [6.07, 6.45) is 0.681. The average Bonchev–Trinajstić information content (AvgIpc) is 2.69. The molecule has 8 nitrogen and oxygen atoms in total. The number of rotatable bonds is 10. The summed E-state index contributed by atoms with van der Waals surface area (Å²) in [5, 5.41) is 25.2. The molecule has 2 aromatic carbocycles. The van der Waals surface area contributed by atoms with Crippen molar-refractivity contribution in [3.8, 4) is 5.75 Å². The summed E-state index contributed by atoms with van der Waals surface area (Å²) in [4.78, 5) is 24.1. The molecule has 1 unspecified atom stereocenters. The molecule has 0 fully saturated rings. The normalized spacial score (nSPS) is 11.5. The maximum Gasteiger partial charge on any atom is 0.242 e. The number of amidine groups is 1. The molecule has 0 radical (unpaired) electrons. The highest BCUT2D eigenvalue weighted by Crippen LogP contribution is 2.10. The van der Waals surface area contributed by atoms with Crippen LogP contribution in [0.15, 0.2) is 48.5 Å². The fourth-order valence-corrected chi connectivity index (χ4v) is 2.65. The van der Waals surface area contributed by atoms with E-state index in [1.165, 1.54) is 0 Å². The number of benzene rings is 2. The summed E-state index contributed by atoms with van der Waals surface area (Å²) >= 11 is 0. The van der Waals surface area contributed by atoms with E-state index in [2.05, 4.69) is 16.0 Å². The van der Waals surface area contributed by atoms with Gasteiger partial charge in [0.2, 0.25) is 11.8 Å². The van der Waals surface area contributed by atoms with E-state index in [-0.39, 0.29) is 29.9 Å². The second kappa shape index (κ2) is 10.8. The number of phenols is 1. The summed E-state index contributed by atoms with van der Waals surface area (Å²) in [7, 11) is 0. The number of nitrogens with two attached hydrogens (primary N) is 1. The molecule has 1 atom stereocenters. The lowest BCUT2D eigenvalue weighted by atomic mass is 10.1. The molecular weight excluding hydrogens is 370 g/mol. The van der Waals surface area contributed by atoms with Crippen LogP contribution < -0.4 is 21.7 Å². The van der Waals surface area contributed by atoms with Gasteiger partial charge >= 0.3 is 0 Å². The Hall–Kier alpha value is -3.39. The molecule has 2 amide bonds. The number of hydrogen-bond donors (Lipinski definition) is 6. The van der Waals surface area contributed by atoms with E-state index < -0.39 is 6.04 Å². The topological polar surface area (TPSA) is 140 Å². The van der Waals surface area contributed by atoms with E-state index in [1.807, 2.05) is 6.07 Å². The van der Waals surface area contributed by atoms with E-state index in [0.717, 1.165) is 11.1 Å². The van der Waals surface area contributed by atoms with Crippen molar-refractivity contribution in [3.63, 3.8) is 0 Å². The third kappa shape index (κ3) is 7.63. The van der Waals surface area contributed by atoms with Crippen molar-refractivity contribution in [3.05, 3.63) is 65.2 Å². The van der Waals surface area contributed by atoms with Gasteiger partial charge in [-0.1, -0.05) is 36.4 Å². The van der Waals surface area contributed by atoms with Gasteiger partial charge < -0.3 is 26.8 Å². The van der Waals surface area contributed by atoms with Gasteiger partial charge in [0.15, 0.2) is 0 Å². The minimum atomic E-state index is -0.660. The molecule has 0 heterocycles. The third-order valence-electron chi connectivity index (χ3n) is 4.29. The summed E-state index contributed by atoms with van der Waals surface area (Å²) in [5.74, 6) is -0.342. The van der Waals surface area contributed by atoms with Crippen LogP contribution in [0.4, 0.5) is 0 Å². The van der Waals surface area contributed by atoms with E-state index in [0.29, 0.717) is 25.1 Å². The molecule has 0 aliphatic heterocycles. The zero-order valence-electron chi connectivity index (χ0n) is 16.4. The lowest BCUT2D eigenvalue weighted by Crippen LogP contribution is -2.47. The molecule has 0 saturated carbocycles. The Morgan fingerprint density at radius 3 is 2.52 bits per heavy atom. The summed E-state index contributed by atoms with van der Waals surface area (Å²) < 4.78 is 0. The van der Waals surface area contributed by atoms with Gasteiger partial charge in [-0.05, 0) is 43.1 Å². The van der Waals surface area contributed by atoms with Crippen LogP contribution in [0.25, 0.3) is 0 Å². The first-order valence-corrected chi connectivity index (χ1v) is 9.34. The number of nitrogen functional groups attached to an aromatic ring is 1. The number of amides is 2. The van der Waals surface area contributed by atoms with E-state index in [4.69, 9.17) is 11.1 Å². The quantitative estimate of drug-likeness (QED) is 0.198. The van der Waals surface area contributed by atoms with Crippen molar-refractivity contribution >= 4 is 17.6 Å². The van der Waals surface area contributed by atoms with Gasteiger partial charge in [0, 0.05) is 12.1 Å². The number of carbonyl (C=O) groups is 2. The molecule has 0 aliphatic rings. The highest BCUT2D eigenvalue weighted by atomic mass is 16.3. The molecule has 2 rings (SSSR count). The van der Waals surface area contributed by atoms with Crippen LogP contribution in [0.5, 0.6) is 5.75 Å². The smallest absolute Gasteiger partial charge is 0.242 e. The third-order valence-corrected chi connectivity index (χ3v) is 4.29. The molecule has 0 aromatic heterocycles. The number of nitrogens with one attached hydrogen (secondary N) is 4. The first-order valence-electron chi connectivity index (χ1n) is 9.34. The molecule has 0 saturated heterocycles. The number of carbonyl (C=O) groups excluding carboxylic acids is 2. The maximum atomic E-state index is 12.1. The van der Waals surface area contributed by atoms with Crippen molar-refractivity contribution in [1.82, 2.24) is 16.0 Å². The maximum absolute atomic E-state index is 12.1. The highest BCUT2D eigenvalue weighted by Gasteiger charge is 2.15. The molecule has 29 heavy (non-hydrogen) atoms. The van der Waals surface area contributed by atoms with Crippen LogP contribution >= 0.6 is 0 Å². The van der Waals surface area contributed by atoms with Crippen molar-refractivity contribution in [2.24, 2.45) is 5.73 Å². The number of hydrogen-bond acceptors (Lipinski definition) is 5. The minimum Gasteiger partial charge on any atom is -0.508 e. The van der Waals surface area contributed by atoms with Crippen LogP contribution in [-0.2, 0) is 22.6 Å². The minimum absolute atomic E-state index is 0.00700. The van der Waals surface area contributed by atoms with Crippen LogP contribution in [0.2, 0.25) is 0 Å². The van der Waals surface area contributed by atoms with Crippen molar-refractivity contribution in [1.29, 1.82) is 5.41 Å². The SMILES string of the molecule is CC(NC(=O)CNCCc1cccc(O)c1)C(=O)NCc1ccc(C(=N)N)cc1. The second-order valence-corrected chi connectivity index (χ2v) is 6.71. The molecule has 8 heteroatoms. The Balaban J connectivity index is 1.66. The highest BCUT2D eigenvalue weighted by molar-refractivity contribution is 5.94. The molecule has 7 N–H and O–H groups in total. The molecule has 0 bridgehead atoms. The monoisotopic (exact) mass is 397 g/mol. The van der Waals surface area contributed by atoms with Crippen LogP contribution in [0, 0.1) is 5.41 Å². The van der Waals surface area contributed by atoms with Crippen molar-refractivity contribution in [2.75, 3.05) is 13.1 Å². The summed E-state index contributed by atoms with van der Waals surface area (Å²) in [6.45, 7) is 2.62. The fourth-order valence-electron chi connectivity index (χ4n) is 2.65. The van der Waals surface area contributed by atoms with Gasteiger partial charge in [-0.25, -0.2) is 0 Å². The fraction of sp³-hybridized carbons (Fsp3) is 0.286. The summed E-state index contributed by atoms with van der Waals surface area (Å²) in [5.41, 5.74) is 7.88. The van der Waals surface area contributed by atoms with Gasteiger partial charge in [0.1, 0.15) is 17.6 Å². The lowest BCUT2D eigenvalue weighted by molar-refractivity contribution is -0.128. The van der Waals surface area contributed by atoms with E-state index in [1.54, 1.807) is 49.4 Å².